The van der Waals surface area contributed by atoms with Gasteiger partial charge in [0.25, 0.3) is 0 Å². The molecular weight excluding hydrogens is 356 g/mol. The zero-order valence-electron chi connectivity index (χ0n) is 14.5. The molecular formula is C19H21ClN2O2S. The smallest absolute Gasteiger partial charge is 0.243 e. The first-order chi connectivity index (χ1) is 11.8. The fourth-order valence-corrected chi connectivity index (χ4v) is 3.32. The Hall–Kier alpha value is -1.98. The predicted molar refractivity (Wildman–Crippen MR) is 104 cm³/mol. The van der Waals surface area contributed by atoms with E-state index >= 15 is 0 Å². The van der Waals surface area contributed by atoms with Crippen LogP contribution < -0.4 is 5.32 Å². The average molecular weight is 377 g/mol. The van der Waals surface area contributed by atoms with E-state index in [0.717, 1.165) is 16.1 Å². The summed E-state index contributed by atoms with van der Waals surface area (Å²) in [4.78, 5) is 27.0. The number of aryl methyl sites for hydroxylation is 1. The topological polar surface area (TPSA) is 49.4 Å². The highest BCUT2D eigenvalue weighted by Crippen LogP contribution is 2.25. The van der Waals surface area contributed by atoms with Crippen molar-refractivity contribution < 1.29 is 9.59 Å². The molecule has 6 heteroatoms. The van der Waals surface area contributed by atoms with Gasteiger partial charge >= 0.3 is 0 Å². The van der Waals surface area contributed by atoms with Gasteiger partial charge in [0.15, 0.2) is 0 Å². The molecule has 4 nitrogen and oxygen atoms in total. The van der Waals surface area contributed by atoms with Gasteiger partial charge in [-0.3, -0.25) is 9.59 Å². The highest BCUT2D eigenvalue weighted by molar-refractivity contribution is 8.00. The van der Waals surface area contributed by atoms with E-state index in [2.05, 4.69) is 5.32 Å². The Bertz CT molecular complexity index is 732. The number of thioether (sulfide) groups is 1. The Morgan fingerprint density at radius 1 is 1.12 bits per heavy atom. The van der Waals surface area contributed by atoms with Gasteiger partial charge in [-0.25, -0.2) is 0 Å². The van der Waals surface area contributed by atoms with Crippen molar-refractivity contribution in [2.45, 2.75) is 24.0 Å². The van der Waals surface area contributed by atoms with Gasteiger partial charge in [-0.05, 0) is 50.2 Å². The summed E-state index contributed by atoms with van der Waals surface area (Å²) < 4.78 is 0. The van der Waals surface area contributed by atoms with Gasteiger partial charge in [0.1, 0.15) is 0 Å². The van der Waals surface area contributed by atoms with Crippen molar-refractivity contribution in [3.63, 3.8) is 0 Å². The summed E-state index contributed by atoms with van der Waals surface area (Å²) >= 11 is 7.30. The number of anilines is 1. The van der Waals surface area contributed by atoms with Crippen molar-refractivity contribution in [1.29, 1.82) is 0 Å². The minimum atomic E-state index is -0.293. The number of rotatable bonds is 6. The van der Waals surface area contributed by atoms with Crippen LogP contribution in [0, 0.1) is 6.92 Å². The molecule has 0 unspecified atom stereocenters. The van der Waals surface area contributed by atoms with E-state index < -0.39 is 0 Å². The summed E-state index contributed by atoms with van der Waals surface area (Å²) in [6, 6.07) is 14.9. The fourth-order valence-electron chi connectivity index (χ4n) is 2.21. The van der Waals surface area contributed by atoms with Crippen LogP contribution in [0.1, 0.15) is 12.5 Å². The number of hydrogen-bond acceptors (Lipinski definition) is 3. The SMILES string of the molecule is Cc1ccc(NC(=O)CN(C)C(=O)[C@@H](C)Sc2ccc(Cl)cc2)cc1. The second kappa shape index (κ2) is 8.92. The van der Waals surface area contributed by atoms with E-state index in [1.54, 1.807) is 19.2 Å². The van der Waals surface area contributed by atoms with Gasteiger partial charge in [-0.2, -0.15) is 0 Å². The summed E-state index contributed by atoms with van der Waals surface area (Å²) in [6.45, 7) is 3.83. The molecule has 0 aliphatic carbocycles. The third-order valence-corrected chi connectivity index (χ3v) is 4.92. The number of halogens is 1. The van der Waals surface area contributed by atoms with Crippen molar-refractivity contribution in [3.8, 4) is 0 Å². The van der Waals surface area contributed by atoms with Crippen LogP contribution >= 0.6 is 23.4 Å². The van der Waals surface area contributed by atoms with Crippen LogP contribution in [0.3, 0.4) is 0 Å². The molecule has 1 atom stereocenters. The Morgan fingerprint density at radius 2 is 1.72 bits per heavy atom. The van der Waals surface area contributed by atoms with Crippen LogP contribution in [-0.2, 0) is 9.59 Å². The molecule has 2 aromatic rings. The third-order valence-electron chi connectivity index (χ3n) is 3.57. The number of hydrogen-bond donors (Lipinski definition) is 1. The Labute approximate surface area is 157 Å². The maximum atomic E-state index is 12.4. The number of likely N-dealkylation sites (N-methyl/N-ethyl adjacent to an activating group) is 1. The third kappa shape index (κ3) is 6.11. The quantitative estimate of drug-likeness (QED) is 0.767. The molecule has 0 spiro atoms. The molecule has 0 aliphatic rings. The average Bonchev–Trinajstić information content (AvgIpc) is 2.58. The van der Waals surface area contributed by atoms with Crippen LogP contribution in [0.2, 0.25) is 5.02 Å². The molecule has 0 fully saturated rings. The lowest BCUT2D eigenvalue weighted by atomic mass is 10.2. The Kier molecular flexibility index (Phi) is 6.91. The standard InChI is InChI=1S/C19H21ClN2O2S/c1-13-4-8-16(9-5-13)21-18(23)12-22(3)19(24)14(2)25-17-10-6-15(20)7-11-17/h4-11,14H,12H2,1-3H3,(H,21,23)/t14-/m1/s1. The van der Waals surface area contributed by atoms with Crippen LogP contribution in [-0.4, -0.2) is 35.6 Å². The monoisotopic (exact) mass is 376 g/mol. The van der Waals surface area contributed by atoms with Gasteiger partial charge in [0.2, 0.25) is 11.8 Å². The van der Waals surface area contributed by atoms with E-state index in [0.29, 0.717) is 5.02 Å². The normalized spacial score (nSPS) is 11.7. The molecule has 25 heavy (non-hydrogen) atoms. The van der Waals surface area contributed by atoms with Crippen LogP contribution in [0.4, 0.5) is 5.69 Å². The van der Waals surface area contributed by atoms with Gasteiger partial charge in [-0.1, -0.05) is 29.3 Å². The van der Waals surface area contributed by atoms with E-state index in [1.807, 2.05) is 50.2 Å². The molecule has 132 valence electrons. The number of nitrogens with zero attached hydrogens (tertiary/aromatic N) is 1. The maximum absolute atomic E-state index is 12.4. The molecule has 2 amide bonds. The zero-order chi connectivity index (χ0) is 18.4. The first-order valence-electron chi connectivity index (χ1n) is 7.89. The molecule has 1 N–H and O–H groups in total. The van der Waals surface area contributed by atoms with Gasteiger partial charge in [-0.15, -0.1) is 11.8 Å². The molecule has 0 saturated carbocycles. The van der Waals surface area contributed by atoms with Crippen molar-refractivity contribution in [3.05, 3.63) is 59.1 Å². The fraction of sp³-hybridized carbons (Fsp3) is 0.263. The van der Waals surface area contributed by atoms with Gasteiger partial charge in [0.05, 0.1) is 11.8 Å². The molecule has 0 aliphatic heterocycles. The van der Waals surface area contributed by atoms with E-state index in [9.17, 15) is 9.59 Å². The molecule has 0 radical (unpaired) electrons. The number of benzene rings is 2. The minimum Gasteiger partial charge on any atom is -0.335 e. The highest BCUT2D eigenvalue weighted by atomic mass is 35.5. The summed E-state index contributed by atoms with van der Waals surface area (Å²) in [5, 5.41) is 3.16. The molecule has 2 aromatic carbocycles. The molecule has 0 aromatic heterocycles. The first-order valence-corrected chi connectivity index (χ1v) is 9.14. The molecule has 0 bridgehead atoms. The van der Waals surface area contributed by atoms with Crippen LogP contribution in [0.25, 0.3) is 0 Å². The van der Waals surface area contributed by atoms with Crippen LogP contribution in [0.15, 0.2) is 53.4 Å². The maximum Gasteiger partial charge on any atom is 0.243 e. The number of amides is 2. The second-order valence-corrected chi connectivity index (χ2v) is 7.67. The molecule has 0 saturated heterocycles. The summed E-state index contributed by atoms with van der Waals surface area (Å²) in [7, 11) is 1.63. The highest BCUT2D eigenvalue weighted by Gasteiger charge is 2.20. The summed E-state index contributed by atoms with van der Waals surface area (Å²) in [5.41, 5.74) is 1.85. The zero-order valence-corrected chi connectivity index (χ0v) is 16.0. The van der Waals surface area contributed by atoms with E-state index in [1.165, 1.54) is 16.7 Å². The van der Waals surface area contributed by atoms with Crippen molar-refractivity contribution in [1.82, 2.24) is 4.90 Å². The number of carbonyl (C=O) groups excluding carboxylic acids is 2. The van der Waals surface area contributed by atoms with Gasteiger partial charge < -0.3 is 10.2 Å². The Balaban J connectivity index is 1.86. The van der Waals surface area contributed by atoms with Crippen LogP contribution in [0.5, 0.6) is 0 Å². The predicted octanol–water partition coefficient (Wildman–Crippen LogP) is 4.23. The van der Waals surface area contributed by atoms with Crippen molar-refractivity contribution in [2.75, 3.05) is 18.9 Å². The second-order valence-electron chi connectivity index (χ2n) is 5.82. The summed E-state index contributed by atoms with van der Waals surface area (Å²) in [6.07, 6.45) is 0. The lowest BCUT2D eigenvalue weighted by molar-refractivity contribution is -0.132. The number of nitrogens with one attached hydrogen (secondary N) is 1. The molecule has 0 heterocycles. The minimum absolute atomic E-state index is 0.0121. The van der Waals surface area contributed by atoms with Gasteiger partial charge in [0, 0.05) is 22.7 Å². The molecule has 2 rings (SSSR count). The van der Waals surface area contributed by atoms with Crippen molar-refractivity contribution >= 4 is 40.9 Å². The largest absolute Gasteiger partial charge is 0.335 e. The Morgan fingerprint density at radius 3 is 2.32 bits per heavy atom. The first kappa shape index (κ1) is 19.3. The van der Waals surface area contributed by atoms with E-state index in [-0.39, 0.29) is 23.6 Å². The summed E-state index contributed by atoms with van der Waals surface area (Å²) in [5.74, 6) is -0.317. The number of carbonyl (C=O) groups is 2. The van der Waals surface area contributed by atoms with Crippen molar-refractivity contribution in [2.24, 2.45) is 0 Å². The lowest BCUT2D eigenvalue weighted by Gasteiger charge is -2.20. The lowest BCUT2D eigenvalue weighted by Crippen LogP contribution is -2.38. The van der Waals surface area contributed by atoms with E-state index in [4.69, 9.17) is 11.6 Å².